The SMILES string of the molecule is CCCCCC(=O)OC(=O)c1cccc(CN)c1. The molecule has 0 aliphatic heterocycles. The Hall–Kier alpha value is -1.68. The van der Waals surface area contributed by atoms with E-state index in [1.165, 1.54) is 0 Å². The van der Waals surface area contributed by atoms with Crippen molar-refractivity contribution < 1.29 is 14.3 Å². The summed E-state index contributed by atoms with van der Waals surface area (Å²) in [5.41, 5.74) is 6.68. The van der Waals surface area contributed by atoms with Crippen molar-refractivity contribution >= 4 is 11.9 Å². The maximum absolute atomic E-state index is 11.7. The zero-order valence-corrected chi connectivity index (χ0v) is 10.6. The maximum Gasteiger partial charge on any atom is 0.345 e. The number of rotatable bonds is 6. The van der Waals surface area contributed by atoms with Crippen LogP contribution in [0.5, 0.6) is 0 Å². The number of esters is 2. The smallest absolute Gasteiger partial charge is 0.345 e. The molecule has 0 aliphatic carbocycles. The molecule has 18 heavy (non-hydrogen) atoms. The van der Waals surface area contributed by atoms with Crippen LogP contribution in [0.2, 0.25) is 0 Å². The summed E-state index contributed by atoms with van der Waals surface area (Å²) in [4.78, 5) is 23.1. The maximum atomic E-state index is 11.7. The molecule has 4 nitrogen and oxygen atoms in total. The Kier molecular flexibility index (Phi) is 6.08. The molecule has 98 valence electrons. The van der Waals surface area contributed by atoms with Crippen molar-refractivity contribution in [3.63, 3.8) is 0 Å². The Morgan fingerprint density at radius 3 is 2.72 bits per heavy atom. The van der Waals surface area contributed by atoms with Gasteiger partial charge >= 0.3 is 11.9 Å². The third kappa shape index (κ3) is 4.67. The second-order valence-corrected chi connectivity index (χ2v) is 4.12. The van der Waals surface area contributed by atoms with Gasteiger partial charge in [-0.2, -0.15) is 0 Å². The molecule has 0 amide bonds. The van der Waals surface area contributed by atoms with Crippen LogP contribution in [0.1, 0.15) is 48.5 Å². The number of hydrogen-bond donors (Lipinski definition) is 1. The van der Waals surface area contributed by atoms with Gasteiger partial charge in [0, 0.05) is 13.0 Å². The number of carbonyl (C=O) groups excluding carboxylic acids is 2. The number of hydrogen-bond acceptors (Lipinski definition) is 4. The van der Waals surface area contributed by atoms with Crippen LogP contribution < -0.4 is 5.73 Å². The minimum atomic E-state index is -0.605. The molecule has 0 fully saturated rings. The summed E-state index contributed by atoms with van der Waals surface area (Å²) >= 11 is 0. The highest BCUT2D eigenvalue weighted by atomic mass is 16.6. The van der Waals surface area contributed by atoms with E-state index in [1.54, 1.807) is 18.2 Å². The highest BCUT2D eigenvalue weighted by Crippen LogP contribution is 2.08. The fourth-order valence-electron chi connectivity index (χ4n) is 1.56. The van der Waals surface area contributed by atoms with Gasteiger partial charge in [-0.15, -0.1) is 0 Å². The van der Waals surface area contributed by atoms with Gasteiger partial charge in [0.05, 0.1) is 5.56 Å². The van der Waals surface area contributed by atoms with Gasteiger partial charge in [0.15, 0.2) is 0 Å². The number of carbonyl (C=O) groups is 2. The van der Waals surface area contributed by atoms with Gasteiger partial charge in [0.1, 0.15) is 0 Å². The molecule has 0 aromatic heterocycles. The Bertz CT molecular complexity index is 415. The Morgan fingerprint density at radius 1 is 1.28 bits per heavy atom. The molecule has 4 heteroatoms. The second-order valence-electron chi connectivity index (χ2n) is 4.12. The van der Waals surface area contributed by atoms with E-state index in [1.807, 2.05) is 6.07 Å². The van der Waals surface area contributed by atoms with Crippen molar-refractivity contribution in [2.24, 2.45) is 5.73 Å². The third-order valence-corrected chi connectivity index (χ3v) is 2.59. The van der Waals surface area contributed by atoms with Crippen LogP contribution in [0.15, 0.2) is 24.3 Å². The summed E-state index contributed by atoms with van der Waals surface area (Å²) in [6.07, 6.45) is 3.04. The molecule has 2 N–H and O–H groups in total. The lowest BCUT2D eigenvalue weighted by molar-refractivity contribution is -0.138. The summed E-state index contributed by atoms with van der Waals surface area (Å²) in [6.45, 7) is 2.40. The lowest BCUT2D eigenvalue weighted by Gasteiger charge is -2.04. The zero-order chi connectivity index (χ0) is 13.4. The molecular formula is C14H19NO3. The zero-order valence-electron chi connectivity index (χ0n) is 10.6. The summed E-state index contributed by atoms with van der Waals surface area (Å²) in [7, 11) is 0. The molecule has 0 bridgehead atoms. The molecule has 0 saturated carbocycles. The largest absolute Gasteiger partial charge is 0.389 e. The van der Waals surface area contributed by atoms with Crippen molar-refractivity contribution in [3.05, 3.63) is 35.4 Å². The number of unbranched alkanes of at least 4 members (excludes halogenated alkanes) is 2. The van der Waals surface area contributed by atoms with Crippen LogP contribution in [0.3, 0.4) is 0 Å². The van der Waals surface area contributed by atoms with E-state index in [0.717, 1.165) is 24.8 Å². The minimum absolute atomic E-state index is 0.288. The van der Waals surface area contributed by atoms with E-state index in [0.29, 0.717) is 12.1 Å². The van der Waals surface area contributed by atoms with E-state index in [9.17, 15) is 9.59 Å². The normalized spacial score (nSPS) is 10.1. The number of benzene rings is 1. The fraction of sp³-hybridized carbons (Fsp3) is 0.429. The Balaban J connectivity index is 2.51. The Morgan fingerprint density at radius 2 is 2.06 bits per heavy atom. The number of ether oxygens (including phenoxy) is 1. The average molecular weight is 249 g/mol. The molecule has 0 spiro atoms. The van der Waals surface area contributed by atoms with Crippen LogP contribution in [-0.2, 0) is 16.1 Å². The van der Waals surface area contributed by atoms with Crippen molar-refractivity contribution in [3.8, 4) is 0 Å². The predicted molar refractivity (Wildman–Crippen MR) is 68.9 cm³/mol. The van der Waals surface area contributed by atoms with Crippen LogP contribution in [-0.4, -0.2) is 11.9 Å². The highest BCUT2D eigenvalue weighted by Gasteiger charge is 2.12. The van der Waals surface area contributed by atoms with E-state index >= 15 is 0 Å². The van der Waals surface area contributed by atoms with Crippen LogP contribution in [0, 0.1) is 0 Å². The van der Waals surface area contributed by atoms with Gasteiger partial charge in [-0.1, -0.05) is 31.9 Å². The van der Waals surface area contributed by atoms with Crippen LogP contribution in [0.25, 0.3) is 0 Å². The molecule has 1 aromatic carbocycles. The van der Waals surface area contributed by atoms with E-state index in [-0.39, 0.29) is 6.42 Å². The van der Waals surface area contributed by atoms with Crippen molar-refractivity contribution in [1.29, 1.82) is 0 Å². The van der Waals surface area contributed by atoms with Crippen LogP contribution in [0.4, 0.5) is 0 Å². The average Bonchev–Trinajstić information content (AvgIpc) is 2.39. The van der Waals surface area contributed by atoms with Gasteiger partial charge in [0.25, 0.3) is 0 Å². The molecule has 0 atom stereocenters. The van der Waals surface area contributed by atoms with Crippen LogP contribution >= 0.6 is 0 Å². The molecule has 0 radical (unpaired) electrons. The van der Waals surface area contributed by atoms with Gasteiger partial charge < -0.3 is 10.5 Å². The predicted octanol–water partition coefficient (Wildman–Crippen LogP) is 2.41. The molecule has 1 rings (SSSR count). The number of nitrogens with two attached hydrogens (primary N) is 1. The highest BCUT2D eigenvalue weighted by molar-refractivity contribution is 5.96. The fourth-order valence-corrected chi connectivity index (χ4v) is 1.56. The molecule has 0 unspecified atom stereocenters. The molecule has 1 aromatic rings. The summed E-state index contributed by atoms with van der Waals surface area (Å²) in [6, 6.07) is 6.79. The first-order chi connectivity index (χ1) is 8.67. The first-order valence-electron chi connectivity index (χ1n) is 6.21. The Labute approximate surface area is 107 Å². The molecule has 0 aliphatic rings. The summed E-state index contributed by atoms with van der Waals surface area (Å²) in [5.74, 6) is -1.07. The van der Waals surface area contributed by atoms with E-state index < -0.39 is 11.9 Å². The van der Waals surface area contributed by atoms with Gasteiger partial charge in [-0.3, -0.25) is 4.79 Å². The van der Waals surface area contributed by atoms with Crippen molar-refractivity contribution in [2.75, 3.05) is 0 Å². The second kappa shape index (κ2) is 7.61. The van der Waals surface area contributed by atoms with Gasteiger partial charge in [-0.25, -0.2) is 4.79 Å². The third-order valence-electron chi connectivity index (χ3n) is 2.59. The van der Waals surface area contributed by atoms with E-state index in [4.69, 9.17) is 10.5 Å². The van der Waals surface area contributed by atoms with Crippen molar-refractivity contribution in [1.82, 2.24) is 0 Å². The molecule has 0 heterocycles. The standard InChI is InChI=1S/C14H19NO3/c1-2-3-4-8-13(16)18-14(17)12-7-5-6-11(9-12)10-15/h5-7,9H,2-4,8,10,15H2,1H3. The minimum Gasteiger partial charge on any atom is -0.389 e. The summed E-state index contributed by atoms with van der Waals surface area (Å²) in [5, 5.41) is 0. The lowest BCUT2D eigenvalue weighted by Crippen LogP contribution is -2.12. The lowest BCUT2D eigenvalue weighted by atomic mass is 10.1. The first kappa shape index (κ1) is 14.4. The monoisotopic (exact) mass is 249 g/mol. The first-order valence-corrected chi connectivity index (χ1v) is 6.21. The topological polar surface area (TPSA) is 69.4 Å². The molecule has 0 saturated heterocycles. The quantitative estimate of drug-likeness (QED) is 0.477. The molecular weight excluding hydrogens is 230 g/mol. The van der Waals surface area contributed by atoms with Gasteiger partial charge in [0.2, 0.25) is 0 Å². The summed E-state index contributed by atoms with van der Waals surface area (Å²) < 4.78 is 4.76. The van der Waals surface area contributed by atoms with E-state index in [2.05, 4.69) is 6.92 Å². The van der Waals surface area contributed by atoms with Crippen molar-refractivity contribution in [2.45, 2.75) is 39.2 Å². The van der Waals surface area contributed by atoms with Gasteiger partial charge in [-0.05, 0) is 24.1 Å².